The molecule has 1 unspecified atom stereocenters. The molecule has 7 nitrogen and oxygen atoms in total. The largest absolute Gasteiger partial charge is 0.479 e. The minimum atomic E-state index is -1.02. The molecule has 19 heavy (non-hydrogen) atoms. The van der Waals surface area contributed by atoms with Crippen LogP contribution in [0.25, 0.3) is 0 Å². The molecule has 2 rings (SSSR count). The van der Waals surface area contributed by atoms with Crippen molar-refractivity contribution in [2.45, 2.75) is 13.0 Å². The Hall–Kier alpha value is -2.15. The van der Waals surface area contributed by atoms with Gasteiger partial charge in [0.2, 0.25) is 0 Å². The summed E-state index contributed by atoms with van der Waals surface area (Å²) in [5.74, 6) is -1.02. The highest BCUT2D eigenvalue weighted by Gasteiger charge is 2.27. The van der Waals surface area contributed by atoms with Crippen LogP contribution in [0.15, 0.2) is 18.2 Å². The second kappa shape index (κ2) is 5.23. The molecule has 1 fully saturated rings. The number of carbonyl (C=O) groups is 1. The molecule has 1 aliphatic heterocycles. The predicted molar refractivity (Wildman–Crippen MR) is 67.4 cm³/mol. The van der Waals surface area contributed by atoms with Gasteiger partial charge >= 0.3 is 5.97 Å². The number of nitro benzene ring substituents is 1. The number of morpholine rings is 1. The molecule has 102 valence electrons. The Balaban J connectivity index is 2.26. The summed E-state index contributed by atoms with van der Waals surface area (Å²) in [5, 5.41) is 19.8. The van der Waals surface area contributed by atoms with Crippen molar-refractivity contribution in [1.82, 2.24) is 0 Å². The summed E-state index contributed by atoms with van der Waals surface area (Å²) in [6, 6.07) is 4.74. The number of hydrogen-bond donors (Lipinski definition) is 1. The predicted octanol–water partition coefficient (Wildman–Crippen LogP) is 1.19. The first kappa shape index (κ1) is 13.3. The highest BCUT2D eigenvalue weighted by Crippen LogP contribution is 2.25. The summed E-state index contributed by atoms with van der Waals surface area (Å²) < 4.78 is 5.12. The number of nitro groups is 1. The van der Waals surface area contributed by atoms with Crippen LogP contribution in [-0.2, 0) is 9.53 Å². The summed E-state index contributed by atoms with van der Waals surface area (Å²) >= 11 is 0. The van der Waals surface area contributed by atoms with Gasteiger partial charge in [0.05, 0.1) is 18.1 Å². The third-order valence-electron chi connectivity index (χ3n) is 2.96. The Bertz CT molecular complexity index is 517. The fourth-order valence-electron chi connectivity index (χ4n) is 2.06. The van der Waals surface area contributed by atoms with Crippen molar-refractivity contribution in [3.05, 3.63) is 33.9 Å². The van der Waals surface area contributed by atoms with Gasteiger partial charge < -0.3 is 14.7 Å². The number of non-ortho nitro benzene ring substituents is 1. The normalized spacial score (nSPS) is 19.2. The van der Waals surface area contributed by atoms with Crippen molar-refractivity contribution in [3.8, 4) is 0 Å². The number of carboxylic acids is 1. The van der Waals surface area contributed by atoms with E-state index in [2.05, 4.69) is 0 Å². The number of nitrogens with zero attached hydrogens (tertiary/aromatic N) is 2. The van der Waals surface area contributed by atoms with Crippen LogP contribution >= 0.6 is 0 Å². The fraction of sp³-hybridized carbons (Fsp3) is 0.417. The Kier molecular flexibility index (Phi) is 3.66. The van der Waals surface area contributed by atoms with Gasteiger partial charge in [-0.1, -0.05) is 0 Å². The van der Waals surface area contributed by atoms with Crippen LogP contribution in [-0.4, -0.2) is 41.8 Å². The van der Waals surface area contributed by atoms with Gasteiger partial charge in [-0.3, -0.25) is 10.1 Å². The Morgan fingerprint density at radius 2 is 2.26 bits per heavy atom. The first-order valence-electron chi connectivity index (χ1n) is 5.83. The van der Waals surface area contributed by atoms with E-state index < -0.39 is 17.0 Å². The van der Waals surface area contributed by atoms with Crippen LogP contribution in [0.2, 0.25) is 0 Å². The van der Waals surface area contributed by atoms with E-state index >= 15 is 0 Å². The van der Waals surface area contributed by atoms with Gasteiger partial charge in [0.25, 0.3) is 5.69 Å². The number of anilines is 1. The lowest BCUT2D eigenvalue weighted by Crippen LogP contribution is -2.46. The molecule has 0 aliphatic carbocycles. The van der Waals surface area contributed by atoms with Crippen molar-refractivity contribution in [2.75, 3.05) is 24.6 Å². The lowest BCUT2D eigenvalue weighted by Gasteiger charge is -2.32. The van der Waals surface area contributed by atoms with Crippen LogP contribution in [0.4, 0.5) is 11.4 Å². The van der Waals surface area contributed by atoms with Crippen LogP contribution in [0.5, 0.6) is 0 Å². The summed E-state index contributed by atoms with van der Waals surface area (Å²) in [6.45, 7) is 2.77. The SMILES string of the molecule is Cc1cc(N2CCOC(C(=O)O)C2)cc([N+](=O)[O-])c1. The van der Waals surface area contributed by atoms with E-state index in [-0.39, 0.29) is 12.2 Å². The topological polar surface area (TPSA) is 92.9 Å². The molecule has 1 saturated heterocycles. The maximum absolute atomic E-state index is 10.9. The average Bonchev–Trinajstić information content (AvgIpc) is 2.38. The summed E-state index contributed by atoms with van der Waals surface area (Å²) in [7, 11) is 0. The second-order valence-corrected chi connectivity index (χ2v) is 4.43. The molecule has 0 amide bonds. The fourth-order valence-corrected chi connectivity index (χ4v) is 2.06. The Morgan fingerprint density at radius 3 is 2.89 bits per heavy atom. The third kappa shape index (κ3) is 3.00. The van der Waals surface area contributed by atoms with Crippen molar-refractivity contribution in [3.63, 3.8) is 0 Å². The number of aryl methyl sites for hydroxylation is 1. The number of benzene rings is 1. The lowest BCUT2D eigenvalue weighted by molar-refractivity contribution is -0.384. The first-order chi connectivity index (χ1) is 8.97. The van der Waals surface area contributed by atoms with E-state index in [0.29, 0.717) is 18.8 Å². The van der Waals surface area contributed by atoms with E-state index in [0.717, 1.165) is 5.56 Å². The van der Waals surface area contributed by atoms with Crippen LogP contribution in [0.3, 0.4) is 0 Å². The summed E-state index contributed by atoms with van der Waals surface area (Å²) in [5.41, 5.74) is 1.43. The molecule has 7 heteroatoms. The van der Waals surface area contributed by atoms with E-state index in [4.69, 9.17) is 9.84 Å². The van der Waals surface area contributed by atoms with Crippen molar-refractivity contribution in [1.29, 1.82) is 0 Å². The first-order valence-corrected chi connectivity index (χ1v) is 5.83. The maximum Gasteiger partial charge on any atom is 0.334 e. The van der Waals surface area contributed by atoms with Crippen molar-refractivity contribution >= 4 is 17.3 Å². The molecular formula is C12H14N2O5. The molecule has 0 bridgehead atoms. The molecule has 1 N–H and O–H groups in total. The molecule has 0 radical (unpaired) electrons. The van der Waals surface area contributed by atoms with Gasteiger partial charge in [0.15, 0.2) is 6.10 Å². The molecule has 1 aliphatic rings. The molecule has 0 saturated carbocycles. The maximum atomic E-state index is 10.9. The van der Waals surface area contributed by atoms with Crippen molar-refractivity contribution in [2.24, 2.45) is 0 Å². The second-order valence-electron chi connectivity index (χ2n) is 4.43. The quantitative estimate of drug-likeness (QED) is 0.652. The van der Waals surface area contributed by atoms with Gasteiger partial charge in [-0.05, 0) is 18.6 Å². The third-order valence-corrected chi connectivity index (χ3v) is 2.96. The minimum Gasteiger partial charge on any atom is -0.479 e. The van der Waals surface area contributed by atoms with E-state index in [1.807, 2.05) is 0 Å². The van der Waals surface area contributed by atoms with E-state index in [1.54, 1.807) is 17.9 Å². The highest BCUT2D eigenvalue weighted by atomic mass is 16.6. The van der Waals surface area contributed by atoms with Crippen molar-refractivity contribution < 1.29 is 19.6 Å². The average molecular weight is 266 g/mol. The zero-order valence-corrected chi connectivity index (χ0v) is 10.4. The minimum absolute atomic E-state index is 0.00775. The highest BCUT2D eigenvalue weighted by molar-refractivity contribution is 5.73. The summed E-state index contributed by atoms with van der Waals surface area (Å²) in [4.78, 5) is 23.1. The number of aliphatic carboxylic acids is 1. The number of rotatable bonds is 3. The lowest BCUT2D eigenvalue weighted by atomic mass is 10.1. The zero-order chi connectivity index (χ0) is 14.0. The number of ether oxygens (including phenoxy) is 1. The molecule has 0 spiro atoms. The van der Waals surface area contributed by atoms with E-state index in [1.165, 1.54) is 12.1 Å². The van der Waals surface area contributed by atoms with Gasteiger partial charge in [0, 0.05) is 24.4 Å². The van der Waals surface area contributed by atoms with Crippen LogP contribution in [0, 0.1) is 17.0 Å². The Labute approximate surface area is 109 Å². The standard InChI is InChI=1S/C12H14N2O5/c1-8-4-9(6-10(5-8)14(17)18)13-2-3-19-11(7-13)12(15)16/h4-6,11H,2-3,7H2,1H3,(H,15,16). The zero-order valence-electron chi connectivity index (χ0n) is 10.4. The Morgan fingerprint density at radius 1 is 1.53 bits per heavy atom. The molecule has 1 atom stereocenters. The summed E-state index contributed by atoms with van der Waals surface area (Å²) in [6.07, 6.45) is -0.895. The molecule has 1 aromatic carbocycles. The number of hydrogen-bond acceptors (Lipinski definition) is 5. The van der Waals surface area contributed by atoms with Gasteiger partial charge in [0.1, 0.15) is 0 Å². The van der Waals surface area contributed by atoms with Crippen LogP contribution in [0.1, 0.15) is 5.56 Å². The number of carboxylic acid groups (broad SMARTS) is 1. The molecule has 1 heterocycles. The molecule has 0 aromatic heterocycles. The van der Waals surface area contributed by atoms with Gasteiger partial charge in [-0.25, -0.2) is 4.79 Å². The van der Waals surface area contributed by atoms with Gasteiger partial charge in [-0.15, -0.1) is 0 Å². The van der Waals surface area contributed by atoms with Crippen LogP contribution < -0.4 is 4.90 Å². The monoisotopic (exact) mass is 266 g/mol. The smallest absolute Gasteiger partial charge is 0.334 e. The van der Waals surface area contributed by atoms with E-state index in [9.17, 15) is 14.9 Å². The molecule has 1 aromatic rings. The molecular weight excluding hydrogens is 252 g/mol. The van der Waals surface area contributed by atoms with Gasteiger partial charge in [-0.2, -0.15) is 0 Å².